The van der Waals surface area contributed by atoms with Gasteiger partial charge in [0.25, 0.3) is 0 Å². The standard InChI is InChI=1S/C17H19N/c1-3-17-16-11-7-6-10-15(16)14-9-5-4-8-13(14)12-18(17)2/h4-11,17H,3,12H2,1-2H3. The highest BCUT2D eigenvalue weighted by atomic mass is 15.1. The van der Waals surface area contributed by atoms with Crippen molar-refractivity contribution in [3.05, 3.63) is 59.7 Å². The summed E-state index contributed by atoms with van der Waals surface area (Å²) in [5.41, 5.74) is 5.70. The lowest BCUT2D eigenvalue weighted by Gasteiger charge is -2.26. The fourth-order valence-electron chi connectivity index (χ4n) is 3.10. The number of rotatable bonds is 1. The van der Waals surface area contributed by atoms with Crippen LogP contribution >= 0.6 is 0 Å². The molecule has 0 radical (unpaired) electrons. The average molecular weight is 237 g/mol. The molecule has 2 aromatic rings. The van der Waals surface area contributed by atoms with Crippen molar-refractivity contribution >= 4 is 0 Å². The Kier molecular flexibility index (Phi) is 2.92. The van der Waals surface area contributed by atoms with Crippen molar-refractivity contribution in [3.63, 3.8) is 0 Å². The zero-order valence-corrected chi connectivity index (χ0v) is 11.1. The van der Waals surface area contributed by atoms with Crippen molar-refractivity contribution in [2.24, 2.45) is 0 Å². The molecule has 2 aromatic carbocycles. The molecule has 0 bridgehead atoms. The summed E-state index contributed by atoms with van der Waals surface area (Å²) < 4.78 is 0. The number of hydrogen-bond acceptors (Lipinski definition) is 1. The number of hydrogen-bond donors (Lipinski definition) is 0. The van der Waals surface area contributed by atoms with Crippen molar-refractivity contribution in [3.8, 4) is 11.1 Å². The fourth-order valence-corrected chi connectivity index (χ4v) is 3.10. The highest BCUT2D eigenvalue weighted by Crippen LogP contribution is 2.38. The van der Waals surface area contributed by atoms with Crippen molar-refractivity contribution in [2.45, 2.75) is 25.9 Å². The Morgan fingerprint density at radius 1 is 1.00 bits per heavy atom. The molecule has 0 saturated carbocycles. The van der Waals surface area contributed by atoms with E-state index in [1.54, 1.807) is 0 Å². The molecule has 1 nitrogen and oxygen atoms in total. The van der Waals surface area contributed by atoms with Crippen LogP contribution in [0.4, 0.5) is 0 Å². The zero-order valence-electron chi connectivity index (χ0n) is 11.1. The molecular weight excluding hydrogens is 218 g/mol. The minimum atomic E-state index is 0.522. The molecule has 1 heterocycles. The minimum Gasteiger partial charge on any atom is -0.295 e. The van der Waals surface area contributed by atoms with Gasteiger partial charge in [-0.1, -0.05) is 55.5 Å². The lowest BCUT2D eigenvalue weighted by Crippen LogP contribution is -2.22. The Balaban J connectivity index is 2.26. The SMILES string of the molecule is CCC1c2ccccc2-c2ccccc2CN1C. The Morgan fingerprint density at radius 2 is 1.67 bits per heavy atom. The first-order valence-electron chi connectivity index (χ1n) is 6.68. The molecule has 0 fully saturated rings. The molecular formula is C17H19N. The fraction of sp³-hybridized carbons (Fsp3) is 0.294. The molecule has 1 atom stereocenters. The van der Waals surface area contributed by atoms with E-state index < -0.39 is 0 Å². The molecule has 1 unspecified atom stereocenters. The monoisotopic (exact) mass is 237 g/mol. The van der Waals surface area contributed by atoms with E-state index in [1.807, 2.05) is 0 Å². The summed E-state index contributed by atoms with van der Waals surface area (Å²) in [6.07, 6.45) is 1.15. The van der Waals surface area contributed by atoms with E-state index in [4.69, 9.17) is 0 Å². The van der Waals surface area contributed by atoms with Crippen LogP contribution in [0.25, 0.3) is 11.1 Å². The first-order valence-corrected chi connectivity index (χ1v) is 6.68. The summed E-state index contributed by atoms with van der Waals surface area (Å²) in [6.45, 7) is 3.30. The van der Waals surface area contributed by atoms with E-state index in [-0.39, 0.29) is 0 Å². The van der Waals surface area contributed by atoms with Crippen molar-refractivity contribution in [1.29, 1.82) is 0 Å². The maximum Gasteiger partial charge on any atom is 0.0352 e. The van der Waals surface area contributed by atoms with Crippen molar-refractivity contribution in [1.82, 2.24) is 4.90 Å². The molecule has 1 aliphatic rings. The third kappa shape index (κ3) is 1.75. The summed E-state index contributed by atoms with van der Waals surface area (Å²) >= 11 is 0. The Labute approximate surface area is 109 Å². The van der Waals surface area contributed by atoms with Crippen LogP contribution in [-0.4, -0.2) is 11.9 Å². The molecule has 0 N–H and O–H groups in total. The second kappa shape index (κ2) is 4.58. The highest BCUT2D eigenvalue weighted by molar-refractivity contribution is 5.72. The predicted octanol–water partition coefficient (Wildman–Crippen LogP) is 4.25. The summed E-state index contributed by atoms with van der Waals surface area (Å²) in [5.74, 6) is 0. The van der Waals surface area contributed by atoms with Crippen LogP contribution in [0.3, 0.4) is 0 Å². The van der Waals surface area contributed by atoms with Gasteiger partial charge in [-0.25, -0.2) is 0 Å². The predicted molar refractivity (Wildman–Crippen MR) is 76.4 cm³/mol. The number of nitrogens with zero attached hydrogens (tertiary/aromatic N) is 1. The highest BCUT2D eigenvalue weighted by Gasteiger charge is 2.23. The molecule has 0 amide bonds. The van der Waals surface area contributed by atoms with Crippen LogP contribution in [-0.2, 0) is 6.54 Å². The molecule has 0 aromatic heterocycles. The second-order valence-electron chi connectivity index (χ2n) is 5.08. The van der Waals surface area contributed by atoms with Gasteiger partial charge in [-0.05, 0) is 35.7 Å². The molecule has 18 heavy (non-hydrogen) atoms. The lowest BCUT2D eigenvalue weighted by molar-refractivity contribution is 0.233. The van der Waals surface area contributed by atoms with Gasteiger partial charge < -0.3 is 0 Å². The molecule has 92 valence electrons. The van der Waals surface area contributed by atoms with Gasteiger partial charge in [-0.15, -0.1) is 0 Å². The van der Waals surface area contributed by atoms with Crippen LogP contribution in [0, 0.1) is 0 Å². The van der Waals surface area contributed by atoms with E-state index in [0.29, 0.717) is 6.04 Å². The quantitative estimate of drug-likeness (QED) is 0.716. The molecule has 1 heteroatoms. The van der Waals surface area contributed by atoms with Gasteiger partial charge in [0, 0.05) is 12.6 Å². The molecule has 0 aliphatic carbocycles. The average Bonchev–Trinajstić information content (AvgIpc) is 2.52. The van der Waals surface area contributed by atoms with Crippen LogP contribution in [0.2, 0.25) is 0 Å². The first kappa shape index (κ1) is 11.5. The minimum absolute atomic E-state index is 0.522. The Hall–Kier alpha value is -1.60. The van der Waals surface area contributed by atoms with E-state index >= 15 is 0 Å². The van der Waals surface area contributed by atoms with E-state index in [2.05, 4.69) is 67.4 Å². The zero-order chi connectivity index (χ0) is 12.5. The Bertz CT molecular complexity index is 559. The second-order valence-corrected chi connectivity index (χ2v) is 5.08. The largest absolute Gasteiger partial charge is 0.295 e. The smallest absolute Gasteiger partial charge is 0.0352 e. The van der Waals surface area contributed by atoms with Crippen LogP contribution in [0.5, 0.6) is 0 Å². The van der Waals surface area contributed by atoms with E-state index in [0.717, 1.165) is 13.0 Å². The first-order chi connectivity index (χ1) is 8.81. The molecule has 0 spiro atoms. The van der Waals surface area contributed by atoms with Gasteiger partial charge in [0.1, 0.15) is 0 Å². The molecule has 0 saturated heterocycles. The lowest BCUT2D eigenvalue weighted by atomic mass is 9.93. The number of benzene rings is 2. The maximum absolute atomic E-state index is 2.46. The summed E-state index contributed by atoms with van der Waals surface area (Å²) in [5, 5.41) is 0. The van der Waals surface area contributed by atoms with Crippen molar-refractivity contribution in [2.75, 3.05) is 7.05 Å². The summed E-state index contributed by atoms with van der Waals surface area (Å²) in [7, 11) is 2.23. The maximum atomic E-state index is 2.46. The Morgan fingerprint density at radius 3 is 2.44 bits per heavy atom. The topological polar surface area (TPSA) is 3.24 Å². The van der Waals surface area contributed by atoms with E-state index in [1.165, 1.54) is 22.3 Å². The summed E-state index contributed by atoms with van der Waals surface area (Å²) in [6, 6.07) is 18.1. The molecule has 1 aliphatic heterocycles. The van der Waals surface area contributed by atoms with E-state index in [9.17, 15) is 0 Å². The third-order valence-corrected chi connectivity index (χ3v) is 3.97. The van der Waals surface area contributed by atoms with Gasteiger partial charge in [0.2, 0.25) is 0 Å². The van der Waals surface area contributed by atoms with Crippen LogP contribution in [0.1, 0.15) is 30.5 Å². The van der Waals surface area contributed by atoms with Crippen LogP contribution in [0.15, 0.2) is 48.5 Å². The third-order valence-electron chi connectivity index (χ3n) is 3.97. The van der Waals surface area contributed by atoms with Gasteiger partial charge >= 0.3 is 0 Å². The van der Waals surface area contributed by atoms with Gasteiger partial charge in [-0.3, -0.25) is 4.90 Å². The number of fused-ring (bicyclic) bond motifs is 3. The van der Waals surface area contributed by atoms with Crippen LogP contribution < -0.4 is 0 Å². The molecule has 3 rings (SSSR count). The van der Waals surface area contributed by atoms with Gasteiger partial charge in [0.05, 0.1) is 0 Å². The summed E-state index contributed by atoms with van der Waals surface area (Å²) in [4.78, 5) is 2.46. The van der Waals surface area contributed by atoms with Gasteiger partial charge in [-0.2, -0.15) is 0 Å². The van der Waals surface area contributed by atoms with Crippen molar-refractivity contribution < 1.29 is 0 Å². The normalized spacial score (nSPS) is 18.9. The van der Waals surface area contributed by atoms with Gasteiger partial charge in [0.15, 0.2) is 0 Å².